The van der Waals surface area contributed by atoms with Crippen molar-refractivity contribution in [1.82, 2.24) is 9.88 Å². The van der Waals surface area contributed by atoms with Crippen molar-refractivity contribution in [2.75, 3.05) is 26.8 Å². The van der Waals surface area contributed by atoms with Gasteiger partial charge >= 0.3 is 11.9 Å². The van der Waals surface area contributed by atoms with E-state index in [1.165, 1.54) is 7.11 Å². The molecule has 0 radical (unpaired) electrons. The first-order chi connectivity index (χ1) is 11.7. The zero-order chi connectivity index (χ0) is 18.7. The van der Waals surface area contributed by atoms with E-state index in [-0.39, 0.29) is 30.4 Å². The Labute approximate surface area is 146 Å². The topological polar surface area (TPSA) is 97.9 Å². The molecule has 1 fully saturated rings. The molecule has 2 heterocycles. The summed E-state index contributed by atoms with van der Waals surface area (Å²) in [4.78, 5) is 40.7. The Morgan fingerprint density at radius 3 is 2.32 bits per heavy atom. The average Bonchev–Trinajstić information content (AvgIpc) is 2.85. The molecular weight excluding hydrogens is 328 g/mol. The van der Waals surface area contributed by atoms with Gasteiger partial charge < -0.3 is 24.1 Å². The molecule has 1 aliphatic heterocycles. The van der Waals surface area contributed by atoms with Gasteiger partial charge in [-0.05, 0) is 33.3 Å². The molecule has 0 aliphatic carbocycles. The number of amides is 1. The molecule has 1 N–H and O–H groups in total. The summed E-state index contributed by atoms with van der Waals surface area (Å²) in [7, 11) is 1.27. The number of aromatic nitrogens is 1. The molecule has 0 bridgehead atoms. The van der Waals surface area contributed by atoms with Gasteiger partial charge in [0.15, 0.2) is 6.61 Å². The molecule has 25 heavy (non-hydrogen) atoms. The molecule has 1 aromatic heterocycles. The van der Waals surface area contributed by atoms with Crippen molar-refractivity contribution < 1.29 is 28.6 Å². The van der Waals surface area contributed by atoms with E-state index in [1.807, 2.05) is 13.8 Å². The van der Waals surface area contributed by atoms with Crippen molar-refractivity contribution >= 4 is 17.8 Å². The lowest BCUT2D eigenvalue weighted by Gasteiger charge is -2.35. The van der Waals surface area contributed by atoms with Crippen molar-refractivity contribution in [1.29, 1.82) is 0 Å². The van der Waals surface area contributed by atoms with E-state index in [0.29, 0.717) is 29.9 Å². The highest BCUT2D eigenvalue weighted by molar-refractivity contribution is 5.99. The van der Waals surface area contributed by atoms with Crippen LogP contribution in [0.5, 0.6) is 0 Å². The predicted octanol–water partition coefficient (Wildman–Crippen LogP) is 1.21. The number of ether oxygens (including phenoxy) is 3. The highest BCUT2D eigenvalue weighted by atomic mass is 16.5. The molecule has 0 spiro atoms. The minimum Gasteiger partial charge on any atom is -0.465 e. The molecular formula is C17H24N2O6. The van der Waals surface area contributed by atoms with E-state index >= 15 is 0 Å². The number of morpholine rings is 1. The summed E-state index contributed by atoms with van der Waals surface area (Å²) >= 11 is 0. The van der Waals surface area contributed by atoms with E-state index in [1.54, 1.807) is 18.7 Å². The number of nitrogens with zero attached hydrogens (tertiary/aromatic N) is 1. The van der Waals surface area contributed by atoms with Gasteiger partial charge in [-0.2, -0.15) is 0 Å². The van der Waals surface area contributed by atoms with Gasteiger partial charge in [0.2, 0.25) is 0 Å². The Morgan fingerprint density at radius 2 is 1.76 bits per heavy atom. The van der Waals surface area contributed by atoms with Crippen molar-refractivity contribution in [3.05, 3.63) is 22.5 Å². The van der Waals surface area contributed by atoms with Crippen LogP contribution >= 0.6 is 0 Å². The summed E-state index contributed by atoms with van der Waals surface area (Å²) in [5, 5.41) is 0. The van der Waals surface area contributed by atoms with Crippen LogP contribution in [0.1, 0.15) is 46.0 Å². The lowest BCUT2D eigenvalue weighted by molar-refractivity contribution is -0.146. The first-order valence-electron chi connectivity index (χ1n) is 8.12. The number of aryl methyl sites for hydroxylation is 1. The monoisotopic (exact) mass is 352 g/mol. The van der Waals surface area contributed by atoms with Gasteiger partial charge in [-0.15, -0.1) is 0 Å². The van der Waals surface area contributed by atoms with E-state index in [9.17, 15) is 14.4 Å². The van der Waals surface area contributed by atoms with Crippen LogP contribution in [-0.4, -0.2) is 66.7 Å². The Hall–Kier alpha value is -2.35. The summed E-state index contributed by atoms with van der Waals surface area (Å²) in [6, 6.07) is 0. The minimum atomic E-state index is -0.682. The normalized spacial score (nSPS) is 20.3. The molecule has 0 saturated carbocycles. The standard InChI is InChI=1S/C17H24N2O6/c1-9-6-19(7-10(2)25-9)13(20)8-24-17(22)15-11(3)14(12(4)18-15)16(21)23-5/h9-10,18H,6-8H2,1-5H3. The number of carbonyl (C=O) groups excluding carboxylic acids is 3. The van der Waals surface area contributed by atoms with Gasteiger partial charge in [0.05, 0.1) is 24.9 Å². The SMILES string of the molecule is COC(=O)c1c(C)[nH]c(C(=O)OCC(=O)N2CC(C)OC(C)C2)c1C. The second kappa shape index (κ2) is 7.69. The maximum atomic E-state index is 12.3. The third-order valence-electron chi connectivity index (χ3n) is 4.13. The van der Waals surface area contributed by atoms with Crippen LogP contribution in [0.4, 0.5) is 0 Å². The van der Waals surface area contributed by atoms with E-state index in [2.05, 4.69) is 4.98 Å². The smallest absolute Gasteiger partial charge is 0.355 e. The Balaban J connectivity index is 2.01. The van der Waals surface area contributed by atoms with Crippen LogP contribution in [-0.2, 0) is 19.0 Å². The second-order valence-electron chi connectivity index (χ2n) is 6.25. The molecule has 8 heteroatoms. The molecule has 2 rings (SSSR count). The third kappa shape index (κ3) is 4.19. The van der Waals surface area contributed by atoms with Crippen LogP contribution in [0.15, 0.2) is 0 Å². The number of aromatic amines is 1. The van der Waals surface area contributed by atoms with Crippen molar-refractivity contribution in [2.24, 2.45) is 0 Å². The Kier molecular flexibility index (Phi) is 5.84. The number of esters is 2. The van der Waals surface area contributed by atoms with Crippen LogP contribution in [0.2, 0.25) is 0 Å². The summed E-state index contributed by atoms with van der Waals surface area (Å²) < 4.78 is 15.4. The summed E-state index contributed by atoms with van der Waals surface area (Å²) in [5.41, 5.74) is 1.40. The predicted molar refractivity (Wildman–Crippen MR) is 88.5 cm³/mol. The van der Waals surface area contributed by atoms with E-state index in [0.717, 1.165) is 0 Å². The molecule has 138 valence electrons. The maximum Gasteiger partial charge on any atom is 0.355 e. The van der Waals surface area contributed by atoms with Crippen molar-refractivity contribution in [3.8, 4) is 0 Å². The molecule has 8 nitrogen and oxygen atoms in total. The average molecular weight is 352 g/mol. The highest BCUT2D eigenvalue weighted by Crippen LogP contribution is 2.19. The van der Waals surface area contributed by atoms with Crippen LogP contribution < -0.4 is 0 Å². The van der Waals surface area contributed by atoms with Crippen LogP contribution in [0.25, 0.3) is 0 Å². The summed E-state index contributed by atoms with van der Waals surface area (Å²) in [6.45, 7) is 7.64. The lowest BCUT2D eigenvalue weighted by atomic mass is 10.1. The Morgan fingerprint density at radius 1 is 1.16 bits per heavy atom. The fourth-order valence-electron chi connectivity index (χ4n) is 3.03. The summed E-state index contributed by atoms with van der Waals surface area (Å²) in [5.74, 6) is -1.49. The number of hydrogen-bond acceptors (Lipinski definition) is 6. The van der Waals surface area contributed by atoms with E-state index in [4.69, 9.17) is 14.2 Å². The minimum absolute atomic E-state index is 0.0562. The lowest BCUT2D eigenvalue weighted by Crippen LogP contribution is -2.49. The molecule has 1 aromatic rings. The second-order valence-corrected chi connectivity index (χ2v) is 6.25. The molecule has 1 amide bonds. The first kappa shape index (κ1) is 19.0. The number of methoxy groups -OCH3 is 1. The highest BCUT2D eigenvalue weighted by Gasteiger charge is 2.28. The van der Waals surface area contributed by atoms with Gasteiger partial charge in [-0.25, -0.2) is 9.59 Å². The fraction of sp³-hybridized carbons (Fsp3) is 0.588. The molecule has 2 unspecified atom stereocenters. The van der Waals surface area contributed by atoms with E-state index < -0.39 is 11.9 Å². The molecule has 2 atom stereocenters. The van der Waals surface area contributed by atoms with Gasteiger partial charge in [0.1, 0.15) is 5.69 Å². The van der Waals surface area contributed by atoms with Crippen LogP contribution in [0, 0.1) is 13.8 Å². The van der Waals surface area contributed by atoms with Crippen molar-refractivity contribution in [2.45, 2.75) is 39.9 Å². The van der Waals surface area contributed by atoms with Crippen molar-refractivity contribution in [3.63, 3.8) is 0 Å². The number of rotatable bonds is 4. The Bertz CT molecular complexity index is 671. The van der Waals surface area contributed by atoms with Gasteiger partial charge in [0.25, 0.3) is 5.91 Å². The number of H-pyrrole nitrogens is 1. The number of hydrogen-bond donors (Lipinski definition) is 1. The first-order valence-corrected chi connectivity index (χ1v) is 8.12. The number of carbonyl (C=O) groups is 3. The van der Waals surface area contributed by atoms with Gasteiger partial charge in [0, 0.05) is 18.8 Å². The number of nitrogens with one attached hydrogen (secondary N) is 1. The zero-order valence-electron chi connectivity index (χ0n) is 15.2. The molecule has 1 saturated heterocycles. The van der Waals surface area contributed by atoms with Gasteiger partial charge in [-0.3, -0.25) is 4.79 Å². The quantitative estimate of drug-likeness (QED) is 0.818. The third-order valence-corrected chi connectivity index (χ3v) is 4.13. The summed E-state index contributed by atoms with van der Waals surface area (Å²) in [6.07, 6.45) is -0.112. The molecule has 1 aliphatic rings. The van der Waals surface area contributed by atoms with Crippen LogP contribution in [0.3, 0.4) is 0 Å². The maximum absolute atomic E-state index is 12.3. The zero-order valence-corrected chi connectivity index (χ0v) is 15.2. The van der Waals surface area contributed by atoms with Gasteiger partial charge in [-0.1, -0.05) is 0 Å². The molecule has 0 aromatic carbocycles. The fourth-order valence-corrected chi connectivity index (χ4v) is 3.03. The largest absolute Gasteiger partial charge is 0.465 e.